The van der Waals surface area contributed by atoms with Crippen LogP contribution in [0, 0.1) is 12.8 Å². The van der Waals surface area contributed by atoms with Gasteiger partial charge in [-0.3, -0.25) is 10.1 Å². The van der Waals surface area contributed by atoms with E-state index in [9.17, 15) is 13.2 Å². The van der Waals surface area contributed by atoms with Gasteiger partial charge in [-0.1, -0.05) is 43.4 Å². The zero-order chi connectivity index (χ0) is 17.0. The molecule has 2 rings (SSSR count). The zero-order valence-electron chi connectivity index (χ0n) is 13.0. The number of nitrogens with zero attached hydrogens (tertiary/aromatic N) is 2. The van der Waals surface area contributed by atoms with Crippen LogP contribution in [0.4, 0.5) is 5.13 Å². The van der Waals surface area contributed by atoms with E-state index in [-0.39, 0.29) is 21.3 Å². The van der Waals surface area contributed by atoms with Gasteiger partial charge in [0, 0.05) is 12.1 Å². The van der Waals surface area contributed by atoms with Gasteiger partial charge in [0.25, 0.3) is 15.9 Å². The van der Waals surface area contributed by atoms with E-state index >= 15 is 0 Å². The molecule has 0 aliphatic carbocycles. The first-order valence-electron chi connectivity index (χ1n) is 7.00. The van der Waals surface area contributed by atoms with Gasteiger partial charge in [-0.15, -0.1) is 10.2 Å². The van der Waals surface area contributed by atoms with Gasteiger partial charge < -0.3 is 0 Å². The van der Waals surface area contributed by atoms with Gasteiger partial charge >= 0.3 is 0 Å². The Kier molecular flexibility index (Phi) is 5.45. The Hall–Kier alpha value is -1.84. The van der Waals surface area contributed by atoms with Crippen LogP contribution in [0.15, 0.2) is 28.6 Å². The first-order chi connectivity index (χ1) is 10.8. The Bertz CT molecular complexity index is 800. The number of nitrogens with one attached hydrogen (secondary N) is 2. The molecule has 0 saturated heterocycles. The van der Waals surface area contributed by atoms with Crippen molar-refractivity contribution in [2.75, 3.05) is 11.9 Å². The molecule has 0 aliphatic heterocycles. The number of aryl methyl sites for hydroxylation is 1. The number of rotatable bonds is 6. The Morgan fingerprint density at radius 1 is 1.26 bits per heavy atom. The number of hydrogen-bond acceptors (Lipinski definition) is 6. The zero-order valence-corrected chi connectivity index (χ0v) is 14.7. The lowest BCUT2D eigenvalue weighted by atomic mass is 10.1. The summed E-state index contributed by atoms with van der Waals surface area (Å²) in [5.74, 6) is -0.170. The fraction of sp³-hybridized carbons (Fsp3) is 0.357. The van der Waals surface area contributed by atoms with E-state index in [2.05, 4.69) is 20.2 Å². The maximum absolute atomic E-state index is 12.2. The third-order valence-electron chi connectivity index (χ3n) is 2.93. The molecular weight excluding hydrogens is 336 g/mol. The number of amides is 1. The van der Waals surface area contributed by atoms with E-state index in [4.69, 9.17) is 0 Å². The van der Waals surface area contributed by atoms with Gasteiger partial charge in [-0.05, 0) is 24.5 Å². The minimum atomic E-state index is -3.70. The van der Waals surface area contributed by atoms with Crippen molar-refractivity contribution >= 4 is 32.4 Å². The fourth-order valence-electron chi connectivity index (χ4n) is 1.70. The van der Waals surface area contributed by atoms with Crippen molar-refractivity contribution < 1.29 is 13.2 Å². The van der Waals surface area contributed by atoms with Crippen molar-refractivity contribution in [1.29, 1.82) is 0 Å². The van der Waals surface area contributed by atoms with E-state index < -0.39 is 10.0 Å². The van der Waals surface area contributed by atoms with Crippen LogP contribution < -0.4 is 10.0 Å². The molecule has 0 unspecified atom stereocenters. The molecule has 1 heterocycles. The monoisotopic (exact) mass is 354 g/mol. The second kappa shape index (κ2) is 7.16. The summed E-state index contributed by atoms with van der Waals surface area (Å²) in [5.41, 5.74) is 1.33. The SMILES string of the molecule is Cc1ccccc1C(=O)Nc1nnc(S(=O)(=O)NCC(C)C)s1. The number of hydrogen-bond donors (Lipinski definition) is 2. The number of carbonyl (C=O) groups excluding carboxylic acids is 1. The van der Waals surface area contributed by atoms with Gasteiger partial charge in [-0.2, -0.15) is 0 Å². The molecule has 0 saturated carbocycles. The highest BCUT2D eigenvalue weighted by Gasteiger charge is 2.21. The minimum absolute atomic E-state index is 0.142. The molecule has 1 aromatic carbocycles. The summed E-state index contributed by atoms with van der Waals surface area (Å²) in [6.07, 6.45) is 0. The van der Waals surface area contributed by atoms with E-state index in [1.807, 2.05) is 32.9 Å². The summed E-state index contributed by atoms with van der Waals surface area (Å²) in [4.78, 5) is 12.2. The molecule has 9 heteroatoms. The minimum Gasteiger partial charge on any atom is -0.296 e. The average molecular weight is 354 g/mol. The van der Waals surface area contributed by atoms with Crippen LogP contribution >= 0.6 is 11.3 Å². The third kappa shape index (κ3) is 4.57. The number of carbonyl (C=O) groups is 1. The van der Waals surface area contributed by atoms with E-state index in [1.54, 1.807) is 12.1 Å². The Morgan fingerprint density at radius 2 is 1.96 bits per heavy atom. The molecule has 2 N–H and O–H groups in total. The Morgan fingerprint density at radius 3 is 2.61 bits per heavy atom. The number of benzene rings is 1. The lowest BCUT2D eigenvalue weighted by Gasteiger charge is -2.05. The summed E-state index contributed by atoms with van der Waals surface area (Å²) in [6.45, 7) is 5.93. The van der Waals surface area contributed by atoms with Crippen molar-refractivity contribution in [3.8, 4) is 0 Å². The second-order valence-electron chi connectivity index (χ2n) is 5.39. The number of anilines is 1. The molecule has 0 fully saturated rings. The number of aromatic nitrogens is 2. The van der Waals surface area contributed by atoms with Gasteiger partial charge in [-0.25, -0.2) is 13.1 Å². The summed E-state index contributed by atoms with van der Waals surface area (Å²) >= 11 is 0.816. The van der Waals surface area contributed by atoms with Crippen LogP contribution in [-0.2, 0) is 10.0 Å². The van der Waals surface area contributed by atoms with Crippen LogP contribution in [0.1, 0.15) is 29.8 Å². The highest BCUT2D eigenvalue weighted by atomic mass is 32.2. The van der Waals surface area contributed by atoms with Gasteiger partial charge in [0.05, 0.1) is 0 Å². The lowest BCUT2D eigenvalue weighted by Crippen LogP contribution is -2.27. The molecule has 0 atom stereocenters. The first-order valence-corrected chi connectivity index (χ1v) is 9.29. The van der Waals surface area contributed by atoms with Crippen LogP contribution in [0.25, 0.3) is 0 Å². The van der Waals surface area contributed by atoms with Gasteiger partial charge in [0.1, 0.15) is 0 Å². The van der Waals surface area contributed by atoms with Crippen LogP contribution in [-0.4, -0.2) is 31.1 Å². The van der Waals surface area contributed by atoms with Gasteiger partial charge in [0.2, 0.25) is 9.47 Å². The maximum Gasteiger partial charge on any atom is 0.269 e. The first kappa shape index (κ1) is 17.5. The summed E-state index contributed by atoms with van der Waals surface area (Å²) in [5, 5.41) is 10.1. The van der Waals surface area contributed by atoms with Crippen molar-refractivity contribution in [2.24, 2.45) is 5.92 Å². The topological polar surface area (TPSA) is 101 Å². The summed E-state index contributed by atoms with van der Waals surface area (Å²) < 4.78 is 26.4. The molecule has 7 nitrogen and oxygen atoms in total. The third-order valence-corrected chi connectivity index (χ3v) is 5.56. The maximum atomic E-state index is 12.2. The van der Waals surface area contributed by atoms with Crippen LogP contribution in [0.5, 0.6) is 0 Å². The smallest absolute Gasteiger partial charge is 0.269 e. The van der Waals surface area contributed by atoms with Crippen molar-refractivity contribution in [3.63, 3.8) is 0 Å². The van der Waals surface area contributed by atoms with Gasteiger partial charge in [0.15, 0.2) is 0 Å². The highest BCUT2D eigenvalue weighted by molar-refractivity contribution is 7.91. The highest BCUT2D eigenvalue weighted by Crippen LogP contribution is 2.21. The summed E-state index contributed by atoms with van der Waals surface area (Å²) in [7, 11) is -3.70. The van der Waals surface area contributed by atoms with E-state index in [0.717, 1.165) is 16.9 Å². The quantitative estimate of drug-likeness (QED) is 0.773. The molecular formula is C14H18N4O3S2. The lowest BCUT2D eigenvalue weighted by molar-refractivity contribution is 0.102. The molecule has 0 radical (unpaired) electrons. The van der Waals surface area contributed by atoms with E-state index in [0.29, 0.717) is 12.1 Å². The molecule has 0 bridgehead atoms. The van der Waals surface area contributed by atoms with Crippen LogP contribution in [0.3, 0.4) is 0 Å². The van der Waals surface area contributed by atoms with E-state index in [1.165, 1.54) is 0 Å². The molecule has 124 valence electrons. The molecule has 1 aromatic heterocycles. The van der Waals surface area contributed by atoms with Crippen molar-refractivity contribution in [3.05, 3.63) is 35.4 Å². The number of sulfonamides is 1. The van der Waals surface area contributed by atoms with Crippen LogP contribution in [0.2, 0.25) is 0 Å². The molecule has 23 heavy (non-hydrogen) atoms. The molecule has 0 spiro atoms. The predicted octanol–water partition coefficient (Wildman–Crippen LogP) is 2.03. The Labute approximate surface area is 139 Å². The molecule has 1 amide bonds. The standard InChI is InChI=1S/C14H18N4O3S2/c1-9(2)8-15-23(20,21)14-18-17-13(22-14)16-12(19)11-7-5-4-6-10(11)3/h4-7,9,15H,8H2,1-3H3,(H,16,17,19). The van der Waals surface area contributed by atoms with Crippen molar-refractivity contribution in [2.45, 2.75) is 25.1 Å². The summed E-state index contributed by atoms with van der Waals surface area (Å²) in [6, 6.07) is 7.10. The van der Waals surface area contributed by atoms with Crippen molar-refractivity contribution in [1.82, 2.24) is 14.9 Å². The average Bonchev–Trinajstić information content (AvgIpc) is 2.95. The molecule has 0 aliphatic rings. The second-order valence-corrected chi connectivity index (χ2v) is 8.31. The largest absolute Gasteiger partial charge is 0.296 e. The normalized spacial score (nSPS) is 11.7. The molecule has 2 aromatic rings. The fourth-order valence-corrected chi connectivity index (χ4v) is 3.85. The Balaban J connectivity index is 2.11. The predicted molar refractivity (Wildman–Crippen MR) is 89.1 cm³/mol.